The lowest BCUT2D eigenvalue weighted by molar-refractivity contribution is 0.265. The van der Waals surface area contributed by atoms with Crippen molar-refractivity contribution in [1.29, 1.82) is 0 Å². The minimum absolute atomic E-state index is 0.0601. The van der Waals surface area contributed by atoms with Crippen molar-refractivity contribution in [1.82, 2.24) is 0 Å². The molecule has 3 N–H and O–H groups in total. The fourth-order valence-electron chi connectivity index (χ4n) is 2.19. The van der Waals surface area contributed by atoms with E-state index in [-0.39, 0.29) is 18.4 Å². The van der Waals surface area contributed by atoms with Gasteiger partial charge < -0.3 is 10.8 Å². The number of aliphatic hydroxyl groups is 1. The molecule has 1 heterocycles. The molecule has 0 aromatic heterocycles. The van der Waals surface area contributed by atoms with Crippen molar-refractivity contribution in [3.05, 3.63) is 29.3 Å². The average Bonchev–Trinajstić information content (AvgIpc) is 2.28. The molecule has 1 aromatic carbocycles. The predicted octanol–water partition coefficient (Wildman–Crippen LogP) is 0.269. The third-order valence-electron chi connectivity index (χ3n) is 3.05. The highest BCUT2D eigenvalue weighted by atomic mass is 32.2. The highest BCUT2D eigenvalue weighted by molar-refractivity contribution is 7.91. The Morgan fingerprint density at radius 2 is 2.18 bits per heavy atom. The number of aryl methyl sites for hydroxylation is 1. The van der Waals surface area contributed by atoms with Crippen LogP contribution in [0.1, 0.15) is 17.5 Å². The molecule has 1 aliphatic heterocycles. The number of fused-ring (bicyclic) bond motifs is 1. The van der Waals surface area contributed by atoms with Gasteiger partial charge in [0.1, 0.15) is 0 Å². The van der Waals surface area contributed by atoms with E-state index in [1.807, 2.05) is 6.07 Å². The number of sulfone groups is 1. The molecule has 0 radical (unpaired) electrons. The number of rotatable bonds is 3. The van der Waals surface area contributed by atoms with E-state index in [9.17, 15) is 8.42 Å². The molecule has 0 spiro atoms. The van der Waals surface area contributed by atoms with Crippen LogP contribution in [-0.4, -0.2) is 31.9 Å². The van der Waals surface area contributed by atoms with Crippen LogP contribution in [0, 0.1) is 0 Å². The van der Waals surface area contributed by atoms with Gasteiger partial charge in [0.05, 0.1) is 17.3 Å². The third kappa shape index (κ3) is 2.68. The van der Waals surface area contributed by atoms with E-state index in [0.29, 0.717) is 17.7 Å². The van der Waals surface area contributed by atoms with E-state index >= 15 is 0 Å². The summed E-state index contributed by atoms with van der Waals surface area (Å²) in [6, 6.07) is 5.08. The molecular weight excluding hydrogens is 238 g/mol. The van der Waals surface area contributed by atoms with Crippen LogP contribution in [-0.2, 0) is 22.7 Å². The topological polar surface area (TPSA) is 80.4 Å². The van der Waals surface area contributed by atoms with Gasteiger partial charge in [-0.25, -0.2) is 8.42 Å². The molecule has 0 saturated heterocycles. The van der Waals surface area contributed by atoms with Gasteiger partial charge in [-0.2, -0.15) is 0 Å². The summed E-state index contributed by atoms with van der Waals surface area (Å²) < 4.78 is 23.6. The summed E-state index contributed by atoms with van der Waals surface area (Å²) in [5, 5.41) is 8.90. The molecule has 0 saturated carbocycles. The Bertz CT molecular complexity index is 510. The Hall–Kier alpha value is -0.910. The molecule has 0 bridgehead atoms. The summed E-state index contributed by atoms with van der Waals surface area (Å²) >= 11 is 0. The largest absolute Gasteiger partial charge is 0.395 e. The van der Waals surface area contributed by atoms with Crippen molar-refractivity contribution >= 4 is 9.84 Å². The van der Waals surface area contributed by atoms with Crippen molar-refractivity contribution in [2.24, 2.45) is 5.73 Å². The van der Waals surface area contributed by atoms with Gasteiger partial charge in [0.25, 0.3) is 0 Å². The first-order valence-electron chi connectivity index (χ1n) is 5.74. The van der Waals surface area contributed by atoms with Crippen molar-refractivity contribution in [3.8, 4) is 0 Å². The van der Waals surface area contributed by atoms with E-state index < -0.39 is 9.84 Å². The number of hydrogen-bond donors (Lipinski definition) is 2. The van der Waals surface area contributed by atoms with Crippen molar-refractivity contribution in [2.75, 3.05) is 12.4 Å². The van der Waals surface area contributed by atoms with Crippen LogP contribution in [0.25, 0.3) is 0 Å². The zero-order chi connectivity index (χ0) is 12.5. The Balaban J connectivity index is 2.32. The summed E-state index contributed by atoms with van der Waals surface area (Å²) in [6.45, 7) is -0.0601. The van der Waals surface area contributed by atoms with Gasteiger partial charge in [0.2, 0.25) is 0 Å². The van der Waals surface area contributed by atoms with Gasteiger partial charge in [-0.1, -0.05) is 12.1 Å². The lowest BCUT2D eigenvalue weighted by Gasteiger charge is -2.17. The minimum Gasteiger partial charge on any atom is -0.395 e. The van der Waals surface area contributed by atoms with Gasteiger partial charge in [-0.05, 0) is 36.5 Å². The number of aliphatic hydroxyl groups excluding tert-OH is 1. The molecule has 5 heteroatoms. The molecule has 2 rings (SSSR count). The van der Waals surface area contributed by atoms with Crippen LogP contribution in [0.4, 0.5) is 0 Å². The number of nitrogens with two attached hydrogens (primary N) is 1. The van der Waals surface area contributed by atoms with E-state index in [2.05, 4.69) is 0 Å². The van der Waals surface area contributed by atoms with Gasteiger partial charge in [-0.3, -0.25) is 0 Å². The van der Waals surface area contributed by atoms with Crippen LogP contribution in [0.3, 0.4) is 0 Å². The van der Waals surface area contributed by atoms with E-state index in [1.165, 1.54) is 0 Å². The highest BCUT2D eigenvalue weighted by Gasteiger charge is 2.23. The zero-order valence-corrected chi connectivity index (χ0v) is 10.4. The standard InChI is InChI=1S/C12H17NO3S/c13-11(8-14)7-9-3-4-12-10(6-9)2-1-5-17(12,15)16/h3-4,6,11,14H,1-2,5,7-8,13H2. The minimum atomic E-state index is -3.07. The van der Waals surface area contributed by atoms with Crippen LogP contribution in [0.5, 0.6) is 0 Å². The Morgan fingerprint density at radius 3 is 2.88 bits per heavy atom. The first kappa shape index (κ1) is 12.5. The first-order chi connectivity index (χ1) is 8.03. The zero-order valence-electron chi connectivity index (χ0n) is 9.59. The lowest BCUT2D eigenvalue weighted by atomic mass is 10.0. The molecule has 94 valence electrons. The second-order valence-corrected chi connectivity index (χ2v) is 6.59. The fraction of sp³-hybridized carbons (Fsp3) is 0.500. The molecule has 1 atom stereocenters. The summed E-state index contributed by atoms with van der Waals surface area (Å²) in [7, 11) is -3.07. The normalized spacial score (nSPS) is 19.6. The van der Waals surface area contributed by atoms with Gasteiger partial charge >= 0.3 is 0 Å². The SMILES string of the molecule is NC(CO)Cc1ccc2c(c1)CCCS2(=O)=O. The molecule has 1 aromatic rings. The summed E-state index contributed by atoms with van der Waals surface area (Å²) in [4.78, 5) is 0.463. The average molecular weight is 255 g/mol. The van der Waals surface area contributed by atoms with E-state index in [0.717, 1.165) is 17.5 Å². The molecule has 4 nitrogen and oxygen atoms in total. The van der Waals surface area contributed by atoms with Gasteiger partial charge in [0.15, 0.2) is 9.84 Å². The third-order valence-corrected chi connectivity index (χ3v) is 4.95. The predicted molar refractivity (Wildman–Crippen MR) is 65.6 cm³/mol. The molecule has 0 amide bonds. The molecule has 1 aliphatic rings. The van der Waals surface area contributed by atoms with Crippen LogP contribution in [0.2, 0.25) is 0 Å². The maximum Gasteiger partial charge on any atom is 0.178 e. The summed E-state index contributed by atoms with van der Waals surface area (Å²) in [5.74, 6) is 0.246. The maximum absolute atomic E-state index is 11.8. The summed E-state index contributed by atoms with van der Waals surface area (Å²) in [5.41, 5.74) is 7.54. The first-order valence-corrected chi connectivity index (χ1v) is 7.39. The Morgan fingerprint density at radius 1 is 1.41 bits per heavy atom. The smallest absolute Gasteiger partial charge is 0.178 e. The van der Waals surface area contributed by atoms with Crippen molar-refractivity contribution < 1.29 is 13.5 Å². The van der Waals surface area contributed by atoms with E-state index in [4.69, 9.17) is 10.8 Å². The monoisotopic (exact) mass is 255 g/mol. The van der Waals surface area contributed by atoms with Crippen LogP contribution >= 0.6 is 0 Å². The molecular formula is C12H17NO3S. The van der Waals surface area contributed by atoms with Gasteiger partial charge in [0, 0.05) is 6.04 Å². The maximum atomic E-state index is 11.8. The second-order valence-electron chi connectivity index (χ2n) is 4.51. The van der Waals surface area contributed by atoms with E-state index in [1.54, 1.807) is 12.1 Å². The molecule has 1 unspecified atom stereocenters. The molecule has 0 aliphatic carbocycles. The summed E-state index contributed by atoms with van der Waals surface area (Å²) in [6.07, 6.45) is 2.06. The fourth-order valence-corrected chi connectivity index (χ4v) is 3.77. The lowest BCUT2D eigenvalue weighted by Crippen LogP contribution is -2.27. The van der Waals surface area contributed by atoms with Crippen LogP contribution in [0.15, 0.2) is 23.1 Å². The number of hydrogen-bond acceptors (Lipinski definition) is 4. The Kier molecular flexibility index (Phi) is 3.51. The molecule has 0 fully saturated rings. The molecule has 17 heavy (non-hydrogen) atoms. The second kappa shape index (κ2) is 4.76. The van der Waals surface area contributed by atoms with Crippen molar-refractivity contribution in [2.45, 2.75) is 30.2 Å². The quantitative estimate of drug-likeness (QED) is 0.812. The van der Waals surface area contributed by atoms with Gasteiger partial charge in [-0.15, -0.1) is 0 Å². The van der Waals surface area contributed by atoms with Crippen LogP contribution < -0.4 is 5.73 Å². The number of benzene rings is 1. The highest BCUT2D eigenvalue weighted by Crippen LogP contribution is 2.26. The Labute approximate surface area is 101 Å². The van der Waals surface area contributed by atoms with Crippen molar-refractivity contribution in [3.63, 3.8) is 0 Å².